The molecule has 0 aromatic carbocycles. The number of hydrogen-bond acceptors (Lipinski definition) is 4. The van der Waals surface area contributed by atoms with Gasteiger partial charge in [-0.1, -0.05) is 19.4 Å². The topological polar surface area (TPSA) is 77.5 Å². The van der Waals surface area contributed by atoms with E-state index in [1.807, 2.05) is 19.9 Å². The van der Waals surface area contributed by atoms with Crippen LogP contribution in [-0.2, 0) is 6.54 Å². The van der Waals surface area contributed by atoms with Gasteiger partial charge in [0, 0.05) is 42.3 Å². The van der Waals surface area contributed by atoms with Crippen LogP contribution in [0.15, 0.2) is 12.1 Å². The van der Waals surface area contributed by atoms with Gasteiger partial charge < -0.3 is 20.6 Å². The number of nitrogens with one attached hydrogen (secondary N) is 2. The Balaban J connectivity index is 1.60. The number of carbonyl (C=O) groups is 1. The lowest BCUT2D eigenvalue weighted by molar-refractivity contribution is 0.121. The fourth-order valence-electron chi connectivity index (χ4n) is 3.97. The van der Waals surface area contributed by atoms with Gasteiger partial charge in [-0.15, -0.1) is 0 Å². The third-order valence-corrected chi connectivity index (χ3v) is 5.69. The first-order valence-corrected chi connectivity index (χ1v) is 9.38. The summed E-state index contributed by atoms with van der Waals surface area (Å²) in [4.78, 5) is 19.3. The fraction of sp³-hybridized carbons (Fsp3) is 0.684. The van der Waals surface area contributed by atoms with Gasteiger partial charge in [-0.05, 0) is 38.7 Å². The molecule has 2 aliphatic rings. The molecule has 2 atom stereocenters. The van der Waals surface area contributed by atoms with Crippen molar-refractivity contribution in [2.45, 2.75) is 58.5 Å². The number of aliphatic hydroxyl groups excluding tert-OH is 1. The molecule has 3 N–H and O–H groups in total. The molecule has 6 heteroatoms. The first kappa shape index (κ1) is 18.0. The van der Waals surface area contributed by atoms with Crippen LogP contribution in [0, 0.1) is 12.3 Å². The SMILES string of the molecule is Cc1ccc(CNC(=O)NC2CCCC2(C)CO)c(N2CCCC2)n1. The highest BCUT2D eigenvalue weighted by molar-refractivity contribution is 5.74. The van der Waals surface area contributed by atoms with Crippen molar-refractivity contribution in [3.8, 4) is 0 Å². The van der Waals surface area contributed by atoms with Gasteiger partial charge in [0.15, 0.2) is 0 Å². The van der Waals surface area contributed by atoms with Crippen molar-refractivity contribution in [2.75, 3.05) is 24.6 Å². The Hall–Kier alpha value is -1.82. The third-order valence-electron chi connectivity index (χ3n) is 5.69. The Morgan fingerprint density at radius 2 is 2.12 bits per heavy atom. The van der Waals surface area contributed by atoms with Crippen LogP contribution in [0.25, 0.3) is 0 Å². The second kappa shape index (κ2) is 7.60. The van der Waals surface area contributed by atoms with Gasteiger partial charge >= 0.3 is 6.03 Å². The van der Waals surface area contributed by atoms with E-state index in [0.717, 1.165) is 49.4 Å². The molecular weight excluding hydrogens is 316 g/mol. The molecule has 1 aromatic heterocycles. The molecule has 0 spiro atoms. The van der Waals surface area contributed by atoms with E-state index in [1.54, 1.807) is 0 Å². The second-order valence-corrected chi connectivity index (χ2v) is 7.71. The highest BCUT2D eigenvalue weighted by atomic mass is 16.3. The standard InChI is InChI=1S/C19H30N4O2/c1-14-7-8-15(17(21-14)23-10-3-4-11-23)12-20-18(25)22-16-6-5-9-19(16,2)13-24/h7-8,16,24H,3-6,9-13H2,1-2H3,(H2,20,22,25). The smallest absolute Gasteiger partial charge is 0.315 e. The van der Waals surface area contributed by atoms with Gasteiger partial charge in [-0.25, -0.2) is 9.78 Å². The Bertz CT molecular complexity index is 615. The lowest BCUT2D eigenvalue weighted by Crippen LogP contribution is -2.48. The molecule has 138 valence electrons. The summed E-state index contributed by atoms with van der Waals surface area (Å²) in [6.45, 7) is 6.69. The molecule has 1 aliphatic heterocycles. The number of aliphatic hydroxyl groups is 1. The molecule has 2 fully saturated rings. The maximum Gasteiger partial charge on any atom is 0.315 e. The third kappa shape index (κ3) is 4.06. The van der Waals surface area contributed by atoms with Gasteiger partial charge in [-0.2, -0.15) is 0 Å². The van der Waals surface area contributed by atoms with Crippen molar-refractivity contribution in [1.29, 1.82) is 0 Å². The molecule has 2 unspecified atom stereocenters. The molecule has 25 heavy (non-hydrogen) atoms. The number of carbonyl (C=O) groups excluding carboxylic acids is 1. The van der Waals surface area contributed by atoms with Crippen molar-refractivity contribution in [3.05, 3.63) is 23.4 Å². The van der Waals surface area contributed by atoms with Gasteiger partial charge in [0.25, 0.3) is 0 Å². The molecule has 2 heterocycles. The first-order valence-electron chi connectivity index (χ1n) is 9.38. The average molecular weight is 346 g/mol. The summed E-state index contributed by atoms with van der Waals surface area (Å²) < 4.78 is 0. The van der Waals surface area contributed by atoms with Gasteiger partial charge in [0.1, 0.15) is 5.82 Å². The maximum absolute atomic E-state index is 12.3. The van der Waals surface area contributed by atoms with Crippen LogP contribution in [0.5, 0.6) is 0 Å². The summed E-state index contributed by atoms with van der Waals surface area (Å²) in [6, 6.07) is 3.92. The van der Waals surface area contributed by atoms with Gasteiger partial charge in [-0.3, -0.25) is 0 Å². The number of hydrogen-bond donors (Lipinski definition) is 3. The van der Waals surface area contributed by atoms with Crippen molar-refractivity contribution in [1.82, 2.24) is 15.6 Å². The lowest BCUT2D eigenvalue weighted by atomic mass is 9.86. The molecule has 1 saturated heterocycles. The largest absolute Gasteiger partial charge is 0.396 e. The summed E-state index contributed by atoms with van der Waals surface area (Å²) in [6.07, 6.45) is 5.32. The molecule has 0 bridgehead atoms. The molecule has 1 saturated carbocycles. The molecule has 2 amide bonds. The summed E-state index contributed by atoms with van der Waals surface area (Å²) in [7, 11) is 0. The number of urea groups is 1. The predicted molar refractivity (Wildman–Crippen MR) is 98.6 cm³/mol. The van der Waals surface area contributed by atoms with Gasteiger partial charge in [0.2, 0.25) is 0 Å². The van der Waals surface area contributed by atoms with E-state index < -0.39 is 0 Å². The van der Waals surface area contributed by atoms with Crippen LogP contribution in [0.1, 0.15) is 50.3 Å². The molecular formula is C19H30N4O2. The molecule has 1 aromatic rings. The normalized spacial score (nSPS) is 26.0. The Labute approximate surface area is 150 Å². The fourth-order valence-corrected chi connectivity index (χ4v) is 3.97. The zero-order valence-corrected chi connectivity index (χ0v) is 15.3. The zero-order valence-electron chi connectivity index (χ0n) is 15.3. The van der Waals surface area contributed by atoms with Crippen molar-refractivity contribution >= 4 is 11.8 Å². The Morgan fingerprint density at radius 1 is 1.36 bits per heavy atom. The number of rotatable bonds is 5. The number of aromatic nitrogens is 1. The van der Waals surface area contributed by atoms with Crippen LogP contribution in [0.3, 0.4) is 0 Å². The number of amides is 2. The van der Waals surface area contributed by atoms with E-state index in [-0.39, 0.29) is 24.1 Å². The number of aryl methyl sites for hydroxylation is 1. The summed E-state index contributed by atoms with van der Waals surface area (Å²) >= 11 is 0. The quantitative estimate of drug-likeness (QED) is 0.765. The van der Waals surface area contributed by atoms with Gasteiger partial charge in [0.05, 0.1) is 6.61 Å². The van der Waals surface area contributed by atoms with E-state index >= 15 is 0 Å². The zero-order chi connectivity index (χ0) is 17.9. The minimum Gasteiger partial charge on any atom is -0.396 e. The van der Waals surface area contributed by atoms with E-state index in [0.29, 0.717) is 6.54 Å². The monoisotopic (exact) mass is 346 g/mol. The first-order chi connectivity index (χ1) is 12.0. The molecule has 0 radical (unpaired) electrons. The minimum atomic E-state index is -0.205. The molecule has 6 nitrogen and oxygen atoms in total. The lowest BCUT2D eigenvalue weighted by Gasteiger charge is -2.30. The van der Waals surface area contributed by atoms with Crippen LogP contribution < -0.4 is 15.5 Å². The van der Waals surface area contributed by atoms with Crippen LogP contribution in [-0.4, -0.2) is 41.9 Å². The van der Waals surface area contributed by atoms with Crippen LogP contribution in [0.2, 0.25) is 0 Å². The minimum absolute atomic E-state index is 0.0340. The highest BCUT2D eigenvalue weighted by Crippen LogP contribution is 2.37. The molecule has 3 rings (SSSR count). The average Bonchev–Trinajstić information content (AvgIpc) is 3.25. The van der Waals surface area contributed by atoms with E-state index in [1.165, 1.54) is 12.8 Å². The highest BCUT2D eigenvalue weighted by Gasteiger charge is 2.39. The number of pyridine rings is 1. The summed E-state index contributed by atoms with van der Waals surface area (Å²) in [5.74, 6) is 0.999. The summed E-state index contributed by atoms with van der Waals surface area (Å²) in [5.41, 5.74) is 1.85. The van der Waals surface area contributed by atoms with E-state index in [4.69, 9.17) is 4.98 Å². The Morgan fingerprint density at radius 3 is 2.84 bits per heavy atom. The second-order valence-electron chi connectivity index (χ2n) is 7.71. The van der Waals surface area contributed by atoms with E-state index in [9.17, 15) is 9.90 Å². The molecule has 1 aliphatic carbocycles. The van der Waals surface area contributed by atoms with Crippen molar-refractivity contribution < 1.29 is 9.90 Å². The van der Waals surface area contributed by atoms with E-state index in [2.05, 4.69) is 21.6 Å². The number of nitrogens with zero attached hydrogens (tertiary/aromatic N) is 2. The maximum atomic E-state index is 12.3. The predicted octanol–water partition coefficient (Wildman–Crippen LogP) is 2.34. The van der Waals surface area contributed by atoms with Crippen molar-refractivity contribution in [3.63, 3.8) is 0 Å². The Kier molecular flexibility index (Phi) is 5.47. The van der Waals surface area contributed by atoms with Crippen LogP contribution >= 0.6 is 0 Å². The summed E-state index contributed by atoms with van der Waals surface area (Å²) in [5, 5.41) is 15.6. The number of anilines is 1. The van der Waals surface area contributed by atoms with Crippen molar-refractivity contribution in [2.24, 2.45) is 5.41 Å². The van der Waals surface area contributed by atoms with Crippen LogP contribution in [0.4, 0.5) is 10.6 Å².